The second kappa shape index (κ2) is 6.90. The highest BCUT2D eigenvalue weighted by Crippen LogP contribution is 2.33. The van der Waals surface area contributed by atoms with E-state index in [1.165, 1.54) is 27.7 Å². The predicted molar refractivity (Wildman–Crippen MR) is 102 cm³/mol. The van der Waals surface area contributed by atoms with Crippen LogP contribution in [0.1, 0.15) is 22.9 Å². The molecule has 0 bridgehead atoms. The van der Waals surface area contributed by atoms with Crippen LogP contribution < -0.4 is 10.1 Å². The number of aromatic nitrogens is 1. The minimum Gasteiger partial charge on any atom is -0.492 e. The van der Waals surface area contributed by atoms with Gasteiger partial charge in [0.15, 0.2) is 0 Å². The van der Waals surface area contributed by atoms with Crippen molar-refractivity contribution in [3.8, 4) is 5.75 Å². The molecule has 3 aromatic rings. The molecule has 2 N–H and O–H groups in total. The zero-order chi connectivity index (χ0) is 17.2. The number of nitrogens with one attached hydrogen (secondary N) is 2. The minimum absolute atomic E-state index is 0.215. The summed E-state index contributed by atoms with van der Waals surface area (Å²) < 4.78 is 5.81. The lowest BCUT2D eigenvalue weighted by atomic mass is 9.94. The summed E-state index contributed by atoms with van der Waals surface area (Å²) in [5.41, 5.74) is 5.25. The molecule has 0 saturated carbocycles. The first kappa shape index (κ1) is 16.2. The summed E-state index contributed by atoms with van der Waals surface area (Å²) in [7, 11) is 4.11. The number of H-pyrrole nitrogens is 1. The molecule has 0 amide bonds. The highest BCUT2D eigenvalue weighted by Gasteiger charge is 2.24. The molecule has 4 heteroatoms. The number of nitrogens with zero attached hydrogens (tertiary/aromatic N) is 1. The van der Waals surface area contributed by atoms with Crippen LogP contribution in [0.4, 0.5) is 0 Å². The van der Waals surface area contributed by atoms with Crippen LogP contribution in [-0.4, -0.2) is 43.7 Å². The largest absolute Gasteiger partial charge is 0.492 e. The van der Waals surface area contributed by atoms with Gasteiger partial charge in [0.05, 0.1) is 6.04 Å². The molecule has 130 valence electrons. The number of hydrogen-bond donors (Lipinski definition) is 2. The molecule has 0 radical (unpaired) electrons. The second-order valence-corrected chi connectivity index (χ2v) is 6.92. The Morgan fingerprint density at radius 2 is 1.88 bits per heavy atom. The van der Waals surface area contributed by atoms with Gasteiger partial charge in [0.2, 0.25) is 0 Å². The molecule has 25 heavy (non-hydrogen) atoms. The van der Waals surface area contributed by atoms with Crippen LogP contribution >= 0.6 is 0 Å². The molecule has 1 atom stereocenters. The van der Waals surface area contributed by atoms with Crippen molar-refractivity contribution in [2.75, 3.05) is 33.8 Å². The van der Waals surface area contributed by atoms with Crippen LogP contribution in [0.25, 0.3) is 10.9 Å². The fourth-order valence-electron chi connectivity index (χ4n) is 3.57. The maximum absolute atomic E-state index is 5.81. The van der Waals surface area contributed by atoms with E-state index < -0.39 is 0 Å². The van der Waals surface area contributed by atoms with Crippen molar-refractivity contribution in [1.82, 2.24) is 15.2 Å². The van der Waals surface area contributed by atoms with Crippen molar-refractivity contribution >= 4 is 10.9 Å². The fraction of sp³-hybridized carbons (Fsp3) is 0.333. The lowest BCUT2D eigenvalue weighted by Gasteiger charge is -2.25. The van der Waals surface area contributed by atoms with Gasteiger partial charge in [-0.3, -0.25) is 0 Å². The molecule has 1 aliphatic rings. The van der Waals surface area contributed by atoms with Crippen LogP contribution in [0.5, 0.6) is 5.75 Å². The third kappa shape index (κ3) is 3.28. The van der Waals surface area contributed by atoms with E-state index >= 15 is 0 Å². The molecule has 4 rings (SSSR count). The van der Waals surface area contributed by atoms with Crippen molar-refractivity contribution in [3.05, 3.63) is 65.4 Å². The Hall–Kier alpha value is -2.30. The van der Waals surface area contributed by atoms with E-state index in [1.807, 2.05) is 0 Å². The molecule has 1 unspecified atom stereocenters. The van der Waals surface area contributed by atoms with Gasteiger partial charge in [0.1, 0.15) is 12.4 Å². The summed E-state index contributed by atoms with van der Waals surface area (Å²) in [6.07, 6.45) is 1.07. The molecule has 2 heterocycles. The summed E-state index contributed by atoms with van der Waals surface area (Å²) in [5.74, 6) is 0.929. The average Bonchev–Trinajstić information content (AvgIpc) is 3.01. The van der Waals surface area contributed by atoms with E-state index in [0.29, 0.717) is 6.61 Å². The first-order chi connectivity index (χ1) is 12.2. The Labute approximate surface area is 148 Å². The lowest BCUT2D eigenvalue weighted by molar-refractivity contribution is 0.261. The number of ether oxygens (including phenoxy) is 1. The van der Waals surface area contributed by atoms with Gasteiger partial charge in [-0.1, -0.05) is 30.3 Å². The van der Waals surface area contributed by atoms with Gasteiger partial charge in [0.25, 0.3) is 0 Å². The van der Waals surface area contributed by atoms with Crippen LogP contribution in [-0.2, 0) is 6.42 Å². The number of rotatable bonds is 5. The third-order valence-electron chi connectivity index (χ3n) is 4.88. The zero-order valence-electron chi connectivity index (χ0n) is 14.9. The second-order valence-electron chi connectivity index (χ2n) is 6.92. The predicted octanol–water partition coefficient (Wildman–Crippen LogP) is 3.34. The van der Waals surface area contributed by atoms with E-state index in [1.54, 1.807) is 0 Å². The van der Waals surface area contributed by atoms with Crippen molar-refractivity contribution < 1.29 is 4.74 Å². The minimum atomic E-state index is 0.215. The smallest absolute Gasteiger partial charge is 0.119 e. The van der Waals surface area contributed by atoms with Crippen molar-refractivity contribution in [1.29, 1.82) is 0 Å². The van der Waals surface area contributed by atoms with E-state index in [-0.39, 0.29) is 6.04 Å². The van der Waals surface area contributed by atoms with E-state index in [9.17, 15) is 0 Å². The molecular weight excluding hydrogens is 310 g/mol. The van der Waals surface area contributed by atoms with Crippen LogP contribution in [0.15, 0.2) is 48.5 Å². The maximum atomic E-state index is 5.81. The molecule has 0 aliphatic carbocycles. The van der Waals surface area contributed by atoms with Gasteiger partial charge in [-0.2, -0.15) is 0 Å². The molecule has 1 aliphatic heterocycles. The Morgan fingerprint density at radius 3 is 2.68 bits per heavy atom. The summed E-state index contributed by atoms with van der Waals surface area (Å²) in [6, 6.07) is 17.3. The van der Waals surface area contributed by atoms with Crippen LogP contribution in [0.3, 0.4) is 0 Å². The van der Waals surface area contributed by atoms with Crippen LogP contribution in [0, 0.1) is 0 Å². The standard InChI is InChI=1S/C21H25N3O/c1-24(2)13-14-25-16-9-7-15(8-10-16)20-21-18(11-12-22-20)17-5-3-4-6-19(17)23-21/h3-10,20,22-23H,11-14H2,1-2H3. The SMILES string of the molecule is CN(C)CCOc1ccc(C2NCCc3c2[nH]c2ccccc32)cc1. The zero-order valence-corrected chi connectivity index (χ0v) is 14.9. The Bertz CT molecular complexity index is 851. The normalized spacial score (nSPS) is 17.0. The van der Waals surface area contributed by atoms with Gasteiger partial charge in [0, 0.05) is 29.7 Å². The summed E-state index contributed by atoms with van der Waals surface area (Å²) in [6.45, 7) is 2.63. The molecule has 0 saturated heterocycles. The monoisotopic (exact) mass is 335 g/mol. The summed E-state index contributed by atoms with van der Waals surface area (Å²) >= 11 is 0. The Morgan fingerprint density at radius 1 is 1.08 bits per heavy atom. The van der Waals surface area contributed by atoms with Gasteiger partial charge < -0.3 is 19.9 Å². The van der Waals surface area contributed by atoms with Crippen molar-refractivity contribution in [3.63, 3.8) is 0 Å². The van der Waals surface area contributed by atoms with Gasteiger partial charge >= 0.3 is 0 Å². The molecule has 1 aromatic heterocycles. The number of fused-ring (bicyclic) bond motifs is 3. The molecule has 0 fully saturated rings. The highest BCUT2D eigenvalue weighted by molar-refractivity contribution is 5.85. The van der Waals surface area contributed by atoms with Crippen molar-refractivity contribution in [2.24, 2.45) is 0 Å². The number of hydrogen-bond acceptors (Lipinski definition) is 3. The van der Waals surface area contributed by atoms with Crippen LogP contribution in [0.2, 0.25) is 0 Å². The average molecular weight is 335 g/mol. The Balaban J connectivity index is 1.57. The Kier molecular flexibility index (Phi) is 4.47. The quantitative estimate of drug-likeness (QED) is 0.751. The molecular formula is C21H25N3O. The maximum Gasteiger partial charge on any atom is 0.119 e. The van der Waals surface area contributed by atoms with E-state index in [2.05, 4.69) is 77.8 Å². The van der Waals surface area contributed by atoms with Crippen molar-refractivity contribution in [2.45, 2.75) is 12.5 Å². The first-order valence-corrected chi connectivity index (χ1v) is 8.93. The van der Waals surface area contributed by atoms with E-state index in [4.69, 9.17) is 4.74 Å². The lowest BCUT2D eigenvalue weighted by Crippen LogP contribution is -2.30. The number of likely N-dealkylation sites (N-methyl/N-ethyl adjacent to an activating group) is 1. The first-order valence-electron chi connectivity index (χ1n) is 8.93. The van der Waals surface area contributed by atoms with Gasteiger partial charge in [-0.15, -0.1) is 0 Å². The fourth-order valence-corrected chi connectivity index (χ4v) is 3.57. The molecule has 0 spiro atoms. The number of aromatic amines is 1. The van der Waals surface area contributed by atoms with Gasteiger partial charge in [-0.25, -0.2) is 0 Å². The van der Waals surface area contributed by atoms with E-state index in [0.717, 1.165) is 25.3 Å². The van der Waals surface area contributed by atoms with Gasteiger partial charge in [-0.05, 0) is 49.8 Å². The third-order valence-corrected chi connectivity index (χ3v) is 4.88. The molecule has 2 aromatic carbocycles. The number of para-hydroxylation sites is 1. The molecule has 4 nitrogen and oxygen atoms in total. The summed E-state index contributed by atoms with van der Waals surface area (Å²) in [4.78, 5) is 5.75. The highest BCUT2D eigenvalue weighted by atomic mass is 16.5. The number of benzene rings is 2. The summed E-state index contributed by atoms with van der Waals surface area (Å²) in [5, 5.41) is 5.01. The topological polar surface area (TPSA) is 40.3 Å².